The Morgan fingerprint density at radius 1 is 1.32 bits per heavy atom. The van der Waals surface area contributed by atoms with Crippen molar-refractivity contribution in [2.75, 3.05) is 25.5 Å². The maximum Gasteiger partial charge on any atom is 0.413 e. The summed E-state index contributed by atoms with van der Waals surface area (Å²) in [7, 11) is 1.56. The van der Waals surface area contributed by atoms with Crippen molar-refractivity contribution in [3.05, 3.63) is 65.1 Å². The first kappa shape index (κ1) is 20.6. The van der Waals surface area contributed by atoms with Gasteiger partial charge in [-0.25, -0.2) is 14.2 Å². The summed E-state index contributed by atoms with van der Waals surface area (Å²) in [6.45, 7) is 1.25. The lowest BCUT2D eigenvalue weighted by Gasteiger charge is -2.19. The first-order valence-electron chi connectivity index (χ1n) is 9.96. The number of nitrogens with one attached hydrogen (secondary N) is 1. The van der Waals surface area contributed by atoms with Crippen LogP contribution in [0.5, 0.6) is 5.75 Å². The van der Waals surface area contributed by atoms with E-state index < -0.39 is 6.09 Å². The first-order valence-corrected chi connectivity index (χ1v) is 9.96. The number of carbonyl (C=O) groups excluding carboxylic acids is 2. The van der Waals surface area contributed by atoms with Gasteiger partial charge in [0.1, 0.15) is 24.0 Å². The van der Waals surface area contributed by atoms with E-state index in [1.54, 1.807) is 30.3 Å². The van der Waals surface area contributed by atoms with Crippen LogP contribution in [0.3, 0.4) is 0 Å². The van der Waals surface area contributed by atoms with Crippen LogP contribution in [0.4, 0.5) is 15.0 Å². The number of carbonyl (C=O) groups is 2. The quantitative estimate of drug-likeness (QED) is 0.752. The fourth-order valence-electron chi connectivity index (χ4n) is 3.65. The van der Waals surface area contributed by atoms with Gasteiger partial charge >= 0.3 is 6.09 Å². The van der Waals surface area contributed by atoms with Crippen LogP contribution in [0, 0.1) is 5.82 Å². The Kier molecular flexibility index (Phi) is 5.97. The number of rotatable bonds is 4. The van der Waals surface area contributed by atoms with Crippen molar-refractivity contribution in [2.45, 2.75) is 19.4 Å². The average Bonchev–Trinajstić information content (AvgIpc) is 3.03. The fraction of sp³-hybridized carbons (Fsp3) is 0.261. The number of amides is 2. The third-order valence-electron chi connectivity index (χ3n) is 5.25. The number of anilines is 1. The van der Waals surface area contributed by atoms with Crippen molar-refractivity contribution in [1.29, 1.82) is 0 Å². The van der Waals surface area contributed by atoms with Crippen LogP contribution in [0.25, 0.3) is 11.6 Å². The molecule has 2 aliphatic rings. The zero-order valence-electron chi connectivity index (χ0n) is 17.1. The Balaban J connectivity index is 1.41. The van der Waals surface area contributed by atoms with Crippen molar-refractivity contribution in [3.63, 3.8) is 0 Å². The molecule has 1 N–H and O–H groups in total. The molecule has 2 aliphatic heterocycles. The number of ether oxygens (including phenoxy) is 2. The molecule has 0 unspecified atom stereocenters. The first-order chi connectivity index (χ1) is 15.0. The van der Waals surface area contributed by atoms with E-state index in [1.165, 1.54) is 18.2 Å². The molecule has 4 rings (SSSR count). The fourth-order valence-corrected chi connectivity index (χ4v) is 3.65. The molecule has 0 atom stereocenters. The predicted molar refractivity (Wildman–Crippen MR) is 114 cm³/mol. The molecular weight excluding hydrogens is 401 g/mol. The number of cyclic esters (lactones) is 1. The maximum absolute atomic E-state index is 13.7. The molecule has 31 heavy (non-hydrogen) atoms. The minimum absolute atomic E-state index is 0.108. The summed E-state index contributed by atoms with van der Waals surface area (Å²) < 4.78 is 24.0. The molecule has 2 amide bonds. The van der Waals surface area contributed by atoms with Crippen LogP contribution in [-0.2, 0) is 16.1 Å². The highest BCUT2D eigenvalue weighted by atomic mass is 19.1. The average molecular weight is 423 g/mol. The minimum atomic E-state index is -0.525. The van der Waals surface area contributed by atoms with Gasteiger partial charge < -0.3 is 14.4 Å². The molecule has 0 bridgehead atoms. The molecule has 160 valence electrons. The van der Waals surface area contributed by atoms with Gasteiger partial charge in [-0.15, -0.1) is 0 Å². The summed E-state index contributed by atoms with van der Waals surface area (Å²) in [6, 6.07) is 6.28. The van der Waals surface area contributed by atoms with Gasteiger partial charge in [0.25, 0.3) is 0 Å². The van der Waals surface area contributed by atoms with E-state index in [1.807, 2.05) is 12.1 Å². The van der Waals surface area contributed by atoms with Gasteiger partial charge in [-0.05, 0) is 54.3 Å². The van der Waals surface area contributed by atoms with Gasteiger partial charge in [0.15, 0.2) is 0 Å². The molecule has 0 radical (unpaired) electrons. The number of nitrogens with zero attached hydrogens (tertiary/aromatic N) is 2. The summed E-state index contributed by atoms with van der Waals surface area (Å²) in [5.41, 5.74) is 3.19. The normalized spacial score (nSPS) is 16.1. The van der Waals surface area contributed by atoms with Crippen LogP contribution in [0.1, 0.15) is 29.5 Å². The number of hydrogen-bond acceptors (Lipinski definition) is 5. The van der Waals surface area contributed by atoms with Crippen molar-refractivity contribution in [3.8, 4) is 5.75 Å². The zero-order chi connectivity index (χ0) is 21.8. The minimum Gasteiger partial charge on any atom is -0.496 e. The number of hydrogen-bond donors (Lipinski definition) is 1. The van der Waals surface area contributed by atoms with E-state index in [0.717, 1.165) is 22.3 Å². The highest BCUT2D eigenvalue weighted by Crippen LogP contribution is 2.31. The van der Waals surface area contributed by atoms with Crippen LogP contribution < -0.4 is 10.1 Å². The van der Waals surface area contributed by atoms with Crippen molar-refractivity contribution < 1.29 is 23.5 Å². The molecule has 1 aromatic carbocycles. The number of pyridine rings is 1. The molecule has 2 aromatic rings. The van der Waals surface area contributed by atoms with Gasteiger partial charge in [0.05, 0.1) is 7.11 Å². The van der Waals surface area contributed by atoms with Crippen molar-refractivity contribution >= 4 is 29.5 Å². The van der Waals surface area contributed by atoms with E-state index in [2.05, 4.69) is 10.3 Å². The Morgan fingerprint density at radius 3 is 3.03 bits per heavy atom. The maximum atomic E-state index is 13.7. The second kappa shape index (κ2) is 8.99. The topological polar surface area (TPSA) is 80.8 Å². The van der Waals surface area contributed by atoms with E-state index in [-0.39, 0.29) is 18.3 Å². The Labute approximate surface area is 179 Å². The van der Waals surface area contributed by atoms with Crippen molar-refractivity contribution in [1.82, 2.24) is 9.88 Å². The zero-order valence-corrected chi connectivity index (χ0v) is 17.1. The van der Waals surface area contributed by atoms with Crippen LogP contribution in [0.15, 0.2) is 42.6 Å². The third-order valence-corrected chi connectivity index (χ3v) is 5.25. The molecule has 0 aliphatic carbocycles. The standard InChI is InChI=1S/C23H22FN3O4/c1-30-20-6-5-18(24)12-19(20)16-3-2-9-27(10-8-16)21(28)7-4-15-11-17-14-31-23(29)26-22(17)25-13-15/h3-7,11-13H,2,8-10,14H2,1H3,(H,25,26,29). The summed E-state index contributed by atoms with van der Waals surface area (Å²) in [5, 5.41) is 2.53. The Hall–Kier alpha value is -3.68. The molecule has 3 heterocycles. The Morgan fingerprint density at radius 2 is 2.19 bits per heavy atom. The number of aromatic nitrogens is 1. The predicted octanol–water partition coefficient (Wildman–Crippen LogP) is 4.01. The van der Waals surface area contributed by atoms with Gasteiger partial charge in [-0.3, -0.25) is 10.1 Å². The monoisotopic (exact) mass is 423 g/mol. The molecule has 0 saturated heterocycles. The van der Waals surface area contributed by atoms with Gasteiger partial charge in [0, 0.05) is 36.5 Å². The van der Waals surface area contributed by atoms with E-state index in [9.17, 15) is 14.0 Å². The number of methoxy groups -OCH3 is 1. The molecule has 1 aromatic heterocycles. The second-order valence-electron chi connectivity index (χ2n) is 7.25. The van der Waals surface area contributed by atoms with Crippen LogP contribution >= 0.6 is 0 Å². The highest BCUT2D eigenvalue weighted by molar-refractivity contribution is 5.92. The molecule has 8 heteroatoms. The van der Waals surface area contributed by atoms with Gasteiger partial charge in [0.2, 0.25) is 5.91 Å². The summed E-state index contributed by atoms with van der Waals surface area (Å²) in [6.07, 6.45) is 7.59. The largest absolute Gasteiger partial charge is 0.496 e. The van der Waals surface area contributed by atoms with Crippen LogP contribution in [0.2, 0.25) is 0 Å². The number of halogens is 1. The number of fused-ring (bicyclic) bond motifs is 1. The molecule has 0 saturated carbocycles. The van der Waals surface area contributed by atoms with Crippen molar-refractivity contribution in [2.24, 2.45) is 0 Å². The number of benzene rings is 1. The molecule has 0 spiro atoms. The van der Waals surface area contributed by atoms with Gasteiger partial charge in [-0.2, -0.15) is 0 Å². The lowest BCUT2D eigenvalue weighted by atomic mass is 10.0. The summed E-state index contributed by atoms with van der Waals surface area (Å²) in [4.78, 5) is 29.9. The SMILES string of the molecule is COc1ccc(F)cc1C1=CCCN(C(=O)C=Cc2cnc3c(c2)COC(=O)N3)CC1. The highest BCUT2D eigenvalue weighted by Gasteiger charge is 2.19. The van der Waals surface area contributed by atoms with Crippen LogP contribution in [-0.4, -0.2) is 42.1 Å². The lowest BCUT2D eigenvalue weighted by molar-refractivity contribution is -0.125. The van der Waals surface area contributed by atoms with E-state index in [4.69, 9.17) is 9.47 Å². The van der Waals surface area contributed by atoms with E-state index in [0.29, 0.717) is 37.5 Å². The van der Waals surface area contributed by atoms with E-state index >= 15 is 0 Å². The lowest BCUT2D eigenvalue weighted by Crippen LogP contribution is -2.30. The molecule has 0 fully saturated rings. The van der Waals surface area contributed by atoms with Gasteiger partial charge in [-0.1, -0.05) is 6.08 Å². The third kappa shape index (κ3) is 4.74. The summed E-state index contributed by atoms with van der Waals surface area (Å²) >= 11 is 0. The molecular formula is C23H22FN3O4. The Bertz CT molecular complexity index is 1080. The second-order valence-corrected chi connectivity index (χ2v) is 7.25. The smallest absolute Gasteiger partial charge is 0.413 e. The summed E-state index contributed by atoms with van der Waals surface area (Å²) in [5.74, 6) is 0.662. The molecule has 7 nitrogen and oxygen atoms in total.